The molecule has 3 atom stereocenters. The van der Waals surface area contributed by atoms with Crippen LogP contribution in [0.1, 0.15) is 48.1 Å². The summed E-state index contributed by atoms with van der Waals surface area (Å²) in [5.41, 5.74) is -4.68. The Bertz CT molecular complexity index is 1140. The summed E-state index contributed by atoms with van der Waals surface area (Å²) in [4.78, 5) is 16.5. The Labute approximate surface area is 210 Å². The standard InChI is InChI=1S/C27H26F6N2O2/c1-4-24(12-11-23(36)35-24)16-34-25(5-2,20-9-7-6-8-10-20)17-37-18(3)19-13-21(26(28,29)30)15-22(14-19)27(31,32)33/h4-10,13-16,18H,1-2,11-12,17H2,3H3,(H,35,36)/b34-16-/t18-,24+,25-/m1/s1. The van der Waals surface area contributed by atoms with Gasteiger partial charge in [0.2, 0.25) is 5.91 Å². The van der Waals surface area contributed by atoms with Crippen molar-refractivity contribution < 1.29 is 35.9 Å². The van der Waals surface area contributed by atoms with Crippen LogP contribution in [-0.4, -0.2) is 24.3 Å². The van der Waals surface area contributed by atoms with E-state index in [-0.39, 0.29) is 30.6 Å². The first-order valence-corrected chi connectivity index (χ1v) is 11.3. The van der Waals surface area contributed by atoms with Gasteiger partial charge in [-0.15, -0.1) is 13.2 Å². The monoisotopic (exact) mass is 524 g/mol. The maximum Gasteiger partial charge on any atom is 0.416 e. The third-order valence-electron chi connectivity index (χ3n) is 6.27. The van der Waals surface area contributed by atoms with Gasteiger partial charge >= 0.3 is 12.4 Å². The van der Waals surface area contributed by atoms with E-state index in [1.807, 2.05) is 0 Å². The Kier molecular flexibility index (Phi) is 8.02. The van der Waals surface area contributed by atoms with Gasteiger partial charge in [-0.1, -0.05) is 42.5 Å². The minimum Gasteiger partial charge on any atom is -0.371 e. The summed E-state index contributed by atoms with van der Waals surface area (Å²) in [6, 6.07) is 10.1. The molecule has 1 N–H and O–H groups in total. The minimum atomic E-state index is -4.97. The largest absolute Gasteiger partial charge is 0.416 e. The summed E-state index contributed by atoms with van der Waals surface area (Å²) in [7, 11) is 0. The lowest BCUT2D eigenvalue weighted by atomic mass is 9.90. The van der Waals surface area contributed by atoms with Crippen LogP contribution in [0.15, 0.2) is 78.8 Å². The number of hydrogen-bond donors (Lipinski definition) is 1. The predicted octanol–water partition coefficient (Wildman–Crippen LogP) is 6.79. The molecule has 0 unspecified atom stereocenters. The molecule has 2 aromatic carbocycles. The Morgan fingerprint density at radius 2 is 1.62 bits per heavy atom. The molecule has 4 nitrogen and oxygen atoms in total. The molecular formula is C27H26F6N2O2. The van der Waals surface area contributed by atoms with E-state index in [4.69, 9.17) is 4.74 Å². The molecule has 198 valence electrons. The first-order chi connectivity index (χ1) is 17.2. The van der Waals surface area contributed by atoms with Gasteiger partial charge < -0.3 is 10.1 Å². The van der Waals surface area contributed by atoms with Gasteiger partial charge in [0.15, 0.2) is 0 Å². The fourth-order valence-corrected chi connectivity index (χ4v) is 3.95. The molecule has 1 aliphatic heterocycles. The quantitative estimate of drug-likeness (QED) is 0.223. The average molecular weight is 525 g/mol. The zero-order chi connectivity index (χ0) is 27.5. The molecule has 0 aliphatic carbocycles. The Morgan fingerprint density at radius 1 is 1.03 bits per heavy atom. The third-order valence-corrected chi connectivity index (χ3v) is 6.27. The highest BCUT2D eigenvalue weighted by atomic mass is 19.4. The van der Waals surface area contributed by atoms with E-state index >= 15 is 0 Å². The molecule has 1 fully saturated rings. The van der Waals surface area contributed by atoms with Gasteiger partial charge in [-0.2, -0.15) is 26.3 Å². The van der Waals surface area contributed by atoms with Gasteiger partial charge in [-0.3, -0.25) is 9.79 Å². The number of rotatable bonds is 9. The Morgan fingerprint density at radius 3 is 2.08 bits per heavy atom. The predicted molar refractivity (Wildman–Crippen MR) is 128 cm³/mol. The lowest BCUT2D eigenvalue weighted by Crippen LogP contribution is -2.42. The SMILES string of the molecule is C=C[C@](CO[C@H](C)c1cc(C(F)(F)F)cc(C(F)(F)F)c1)(/N=C\[C@]1(C=C)CCC(=O)N1)c1ccccc1. The second-order valence-electron chi connectivity index (χ2n) is 8.84. The number of aliphatic imine (C=N–C) groups is 1. The van der Waals surface area contributed by atoms with Crippen molar-refractivity contribution in [3.63, 3.8) is 0 Å². The van der Waals surface area contributed by atoms with Gasteiger partial charge in [0.25, 0.3) is 0 Å². The van der Waals surface area contributed by atoms with Crippen LogP contribution in [0.5, 0.6) is 0 Å². The Hall–Kier alpha value is -3.40. The van der Waals surface area contributed by atoms with E-state index in [9.17, 15) is 31.1 Å². The topological polar surface area (TPSA) is 50.7 Å². The fourth-order valence-electron chi connectivity index (χ4n) is 3.95. The third kappa shape index (κ3) is 6.49. The van der Waals surface area contributed by atoms with Crippen molar-refractivity contribution in [2.24, 2.45) is 4.99 Å². The summed E-state index contributed by atoms with van der Waals surface area (Å²) >= 11 is 0. The van der Waals surface area contributed by atoms with Gasteiger partial charge in [0.05, 0.1) is 29.4 Å². The highest BCUT2D eigenvalue weighted by molar-refractivity contribution is 5.89. The van der Waals surface area contributed by atoms with E-state index in [2.05, 4.69) is 23.5 Å². The van der Waals surface area contributed by atoms with Gasteiger partial charge in [0.1, 0.15) is 5.54 Å². The lowest BCUT2D eigenvalue weighted by molar-refractivity contribution is -0.143. The van der Waals surface area contributed by atoms with E-state index in [0.717, 1.165) is 0 Å². The molecule has 0 aromatic heterocycles. The second-order valence-corrected chi connectivity index (χ2v) is 8.84. The smallest absolute Gasteiger partial charge is 0.371 e. The van der Waals surface area contributed by atoms with E-state index < -0.39 is 40.7 Å². The number of carbonyl (C=O) groups is 1. The highest BCUT2D eigenvalue weighted by Crippen LogP contribution is 2.39. The number of amides is 1. The first kappa shape index (κ1) is 28.2. The fraction of sp³-hybridized carbons (Fsp3) is 0.333. The van der Waals surface area contributed by atoms with Crippen LogP contribution >= 0.6 is 0 Å². The number of halogens is 6. The molecule has 1 amide bonds. The van der Waals surface area contributed by atoms with Crippen LogP contribution in [0.3, 0.4) is 0 Å². The number of ether oxygens (including phenoxy) is 1. The molecule has 2 aromatic rings. The molecule has 3 rings (SSSR count). The number of benzene rings is 2. The number of nitrogens with one attached hydrogen (secondary N) is 1. The Balaban J connectivity index is 1.97. The van der Waals surface area contributed by atoms with Crippen LogP contribution in [-0.2, 0) is 27.4 Å². The minimum absolute atomic E-state index is 0.0726. The van der Waals surface area contributed by atoms with Crippen molar-refractivity contribution in [3.8, 4) is 0 Å². The molecule has 0 spiro atoms. The molecule has 0 saturated carbocycles. The summed E-state index contributed by atoms with van der Waals surface area (Å²) in [6.07, 6.45) is -5.87. The van der Waals surface area contributed by atoms with Gasteiger partial charge in [-0.25, -0.2) is 0 Å². The van der Waals surface area contributed by atoms with Crippen molar-refractivity contribution >= 4 is 12.1 Å². The molecule has 10 heteroatoms. The zero-order valence-electron chi connectivity index (χ0n) is 20.0. The highest BCUT2D eigenvalue weighted by Gasteiger charge is 2.38. The molecular weight excluding hydrogens is 498 g/mol. The zero-order valence-corrected chi connectivity index (χ0v) is 20.0. The number of carbonyl (C=O) groups excluding carboxylic acids is 1. The van der Waals surface area contributed by atoms with E-state index in [1.165, 1.54) is 19.2 Å². The summed E-state index contributed by atoms with van der Waals surface area (Å²) < 4.78 is 85.7. The number of hydrogen-bond acceptors (Lipinski definition) is 3. The van der Waals surface area contributed by atoms with Crippen LogP contribution in [0, 0.1) is 0 Å². The molecule has 1 heterocycles. The van der Waals surface area contributed by atoms with E-state index in [1.54, 1.807) is 36.4 Å². The summed E-state index contributed by atoms with van der Waals surface area (Å²) in [5.74, 6) is -0.176. The van der Waals surface area contributed by atoms with Crippen molar-refractivity contribution in [2.45, 2.75) is 49.3 Å². The summed E-state index contributed by atoms with van der Waals surface area (Å²) in [5, 5.41) is 2.80. The number of nitrogens with zero attached hydrogens (tertiary/aromatic N) is 1. The van der Waals surface area contributed by atoms with Crippen LogP contribution in [0.25, 0.3) is 0 Å². The van der Waals surface area contributed by atoms with Gasteiger partial charge in [-0.05, 0) is 42.7 Å². The van der Waals surface area contributed by atoms with Crippen molar-refractivity contribution in [3.05, 3.63) is 96.1 Å². The first-order valence-electron chi connectivity index (χ1n) is 11.3. The molecule has 0 radical (unpaired) electrons. The van der Waals surface area contributed by atoms with Crippen molar-refractivity contribution in [1.29, 1.82) is 0 Å². The second kappa shape index (κ2) is 10.5. The average Bonchev–Trinajstić information content (AvgIpc) is 3.24. The van der Waals surface area contributed by atoms with Crippen molar-refractivity contribution in [2.75, 3.05) is 6.61 Å². The number of alkyl halides is 6. The maximum absolute atomic E-state index is 13.3. The maximum atomic E-state index is 13.3. The van der Waals surface area contributed by atoms with Crippen LogP contribution < -0.4 is 5.32 Å². The van der Waals surface area contributed by atoms with E-state index in [0.29, 0.717) is 24.1 Å². The molecule has 0 bridgehead atoms. The van der Waals surface area contributed by atoms with Crippen LogP contribution in [0.4, 0.5) is 26.3 Å². The molecule has 1 saturated heterocycles. The molecule has 1 aliphatic rings. The van der Waals surface area contributed by atoms with Crippen LogP contribution in [0.2, 0.25) is 0 Å². The normalized spacial score (nSPS) is 20.9. The lowest BCUT2D eigenvalue weighted by Gasteiger charge is -2.30. The summed E-state index contributed by atoms with van der Waals surface area (Å²) in [6.45, 7) is 8.74. The van der Waals surface area contributed by atoms with Crippen molar-refractivity contribution in [1.82, 2.24) is 5.32 Å². The van der Waals surface area contributed by atoms with Gasteiger partial charge in [0, 0.05) is 12.6 Å². The molecule has 37 heavy (non-hydrogen) atoms.